The number of nitrogens with zero attached hydrogens (tertiary/aromatic N) is 1. The van der Waals surface area contributed by atoms with Crippen molar-refractivity contribution < 1.29 is 9.53 Å². The zero-order valence-electron chi connectivity index (χ0n) is 16.7. The Morgan fingerprint density at radius 2 is 2.04 bits per heavy atom. The molecule has 0 spiro atoms. The highest BCUT2D eigenvalue weighted by atomic mass is 16.5. The Balaban J connectivity index is 1.83. The van der Waals surface area contributed by atoms with Crippen molar-refractivity contribution in [1.29, 1.82) is 0 Å². The number of carbonyl (C=O) groups excluding carboxylic acids is 1. The predicted molar refractivity (Wildman–Crippen MR) is 112 cm³/mol. The maximum atomic E-state index is 12.9. The van der Waals surface area contributed by atoms with Gasteiger partial charge in [0.1, 0.15) is 5.75 Å². The lowest BCUT2D eigenvalue weighted by Crippen LogP contribution is -2.46. The summed E-state index contributed by atoms with van der Waals surface area (Å²) >= 11 is 0. The molecule has 0 saturated carbocycles. The molecule has 2 amide bonds. The number of hydrogen-bond donors (Lipinski definition) is 2. The molecule has 1 aromatic heterocycles. The van der Waals surface area contributed by atoms with Crippen LogP contribution in [0.4, 0.5) is 4.79 Å². The molecule has 28 heavy (non-hydrogen) atoms. The van der Waals surface area contributed by atoms with Gasteiger partial charge in [-0.2, -0.15) is 0 Å². The van der Waals surface area contributed by atoms with Gasteiger partial charge in [0, 0.05) is 29.7 Å². The molecular weight excluding hydrogens is 350 g/mol. The lowest BCUT2D eigenvalue weighted by molar-refractivity contribution is 0.179. The van der Waals surface area contributed by atoms with Gasteiger partial charge in [-0.05, 0) is 49.1 Å². The maximum absolute atomic E-state index is 12.9. The summed E-state index contributed by atoms with van der Waals surface area (Å²) in [5, 5.41) is 4.23. The molecule has 2 heterocycles. The zero-order chi connectivity index (χ0) is 19.7. The quantitative estimate of drug-likeness (QED) is 0.701. The van der Waals surface area contributed by atoms with Gasteiger partial charge >= 0.3 is 6.03 Å². The largest absolute Gasteiger partial charge is 0.497 e. The number of rotatable bonds is 4. The van der Waals surface area contributed by atoms with Gasteiger partial charge in [-0.3, -0.25) is 0 Å². The fraction of sp³-hybridized carbons (Fsp3) is 0.348. The second-order valence-electron chi connectivity index (χ2n) is 7.42. The summed E-state index contributed by atoms with van der Waals surface area (Å²) in [4.78, 5) is 18.5. The first-order valence-electron chi connectivity index (χ1n) is 9.92. The van der Waals surface area contributed by atoms with Crippen LogP contribution >= 0.6 is 0 Å². The van der Waals surface area contributed by atoms with Crippen molar-refractivity contribution >= 4 is 16.9 Å². The van der Waals surface area contributed by atoms with Crippen LogP contribution in [0.2, 0.25) is 0 Å². The summed E-state index contributed by atoms with van der Waals surface area (Å²) in [6, 6.07) is 14.5. The molecule has 5 heteroatoms. The first kappa shape index (κ1) is 18.4. The van der Waals surface area contributed by atoms with E-state index in [0.717, 1.165) is 35.4 Å². The van der Waals surface area contributed by atoms with Gasteiger partial charge < -0.3 is 19.9 Å². The molecule has 0 bridgehead atoms. The number of fused-ring (bicyclic) bond motifs is 3. The number of aromatic amines is 1. The summed E-state index contributed by atoms with van der Waals surface area (Å²) in [6.07, 6.45) is 1.75. The Morgan fingerprint density at radius 3 is 2.75 bits per heavy atom. The van der Waals surface area contributed by atoms with Crippen LogP contribution in [0.1, 0.15) is 41.8 Å². The molecule has 2 N–H and O–H groups in total. The molecule has 1 atom stereocenters. The Kier molecular flexibility index (Phi) is 4.99. The summed E-state index contributed by atoms with van der Waals surface area (Å²) in [5.74, 6) is 0.851. The van der Waals surface area contributed by atoms with E-state index in [1.165, 1.54) is 16.5 Å². The fourth-order valence-electron chi connectivity index (χ4n) is 4.04. The number of hydrogen-bond acceptors (Lipinski definition) is 2. The van der Waals surface area contributed by atoms with Crippen molar-refractivity contribution in [3.8, 4) is 5.75 Å². The number of methoxy groups -OCH3 is 1. The Labute approximate surface area is 165 Å². The predicted octanol–water partition coefficient (Wildman–Crippen LogP) is 4.55. The molecular formula is C23H27N3O2. The third-order valence-electron chi connectivity index (χ3n) is 5.51. The molecule has 2 aromatic carbocycles. The fourth-order valence-corrected chi connectivity index (χ4v) is 4.04. The van der Waals surface area contributed by atoms with E-state index in [1.807, 2.05) is 11.0 Å². The second kappa shape index (κ2) is 7.58. The number of aromatic nitrogens is 1. The highest BCUT2D eigenvalue weighted by molar-refractivity contribution is 5.87. The molecule has 0 fully saturated rings. The highest BCUT2D eigenvalue weighted by Crippen LogP contribution is 2.39. The number of amides is 2. The van der Waals surface area contributed by atoms with E-state index in [-0.39, 0.29) is 12.1 Å². The molecule has 4 rings (SSSR count). The minimum atomic E-state index is -0.125. The first-order chi connectivity index (χ1) is 13.6. The van der Waals surface area contributed by atoms with Crippen molar-refractivity contribution in [1.82, 2.24) is 15.2 Å². The minimum Gasteiger partial charge on any atom is -0.497 e. The molecule has 5 nitrogen and oxygen atoms in total. The van der Waals surface area contributed by atoms with Crippen LogP contribution in [-0.2, 0) is 6.42 Å². The van der Waals surface area contributed by atoms with Crippen LogP contribution in [0.3, 0.4) is 0 Å². The normalized spacial score (nSPS) is 16.1. The van der Waals surface area contributed by atoms with Gasteiger partial charge in [0.15, 0.2) is 0 Å². The molecule has 0 unspecified atom stereocenters. The minimum absolute atomic E-state index is 0.00527. The van der Waals surface area contributed by atoms with Crippen LogP contribution in [0.25, 0.3) is 10.9 Å². The van der Waals surface area contributed by atoms with E-state index in [2.05, 4.69) is 60.5 Å². The van der Waals surface area contributed by atoms with E-state index in [0.29, 0.717) is 13.1 Å². The number of urea groups is 1. The topological polar surface area (TPSA) is 57.4 Å². The molecule has 146 valence electrons. The van der Waals surface area contributed by atoms with Gasteiger partial charge in [-0.25, -0.2) is 4.79 Å². The van der Waals surface area contributed by atoms with E-state index >= 15 is 0 Å². The number of carbonyl (C=O) groups is 1. The van der Waals surface area contributed by atoms with Gasteiger partial charge in [0.05, 0.1) is 13.2 Å². The third kappa shape index (κ3) is 3.21. The summed E-state index contributed by atoms with van der Waals surface area (Å²) in [6.45, 7) is 5.52. The van der Waals surface area contributed by atoms with Gasteiger partial charge in [-0.1, -0.05) is 36.8 Å². The van der Waals surface area contributed by atoms with Crippen LogP contribution < -0.4 is 10.1 Å². The SMILES string of the molecule is CCCNC(=O)N1CCc2c([nH]c3ccc(OC)cc23)[C@@H]1c1ccc(C)cc1. The molecule has 0 aliphatic carbocycles. The smallest absolute Gasteiger partial charge is 0.318 e. The van der Waals surface area contributed by atoms with Gasteiger partial charge in [0.25, 0.3) is 0 Å². The maximum Gasteiger partial charge on any atom is 0.318 e. The molecule has 0 radical (unpaired) electrons. The molecule has 1 aliphatic heterocycles. The van der Waals surface area contributed by atoms with E-state index in [1.54, 1.807) is 7.11 Å². The summed E-state index contributed by atoms with van der Waals surface area (Å²) < 4.78 is 5.42. The number of ether oxygens (including phenoxy) is 1. The van der Waals surface area contributed by atoms with Crippen LogP contribution in [0.5, 0.6) is 5.75 Å². The lowest BCUT2D eigenvalue weighted by atomic mass is 9.92. The molecule has 0 saturated heterocycles. The number of H-pyrrole nitrogens is 1. The average Bonchev–Trinajstić information content (AvgIpc) is 3.09. The van der Waals surface area contributed by atoms with Gasteiger partial charge in [0.2, 0.25) is 0 Å². The lowest BCUT2D eigenvalue weighted by Gasteiger charge is -2.36. The Morgan fingerprint density at radius 1 is 1.25 bits per heavy atom. The van der Waals surface area contributed by atoms with Crippen LogP contribution in [0, 0.1) is 6.92 Å². The molecule has 1 aliphatic rings. The highest BCUT2D eigenvalue weighted by Gasteiger charge is 2.34. The van der Waals surface area contributed by atoms with Crippen molar-refractivity contribution in [2.75, 3.05) is 20.2 Å². The van der Waals surface area contributed by atoms with Crippen molar-refractivity contribution in [3.05, 3.63) is 64.8 Å². The number of nitrogens with one attached hydrogen (secondary N) is 2. The van der Waals surface area contributed by atoms with Crippen molar-refractivity contribution in [2.45, 2.75) is 32.7 Å². The molecule has 3 aromatic rings. The number of benzene rings is 2. The van der Waals surface area contributed by atoms with E-state index in [9.17, 15) is 4.79 Å². The summed E-state index contributed by atoms with van der Waals surface area (Å²) in [5.41, 5.74) is 5.79. The van der Waals surface area contributed by atoms with Crippen LogP contribution in [-0.4, -0.2) is 36.1 Å². The van der Waals surface area contributed by atoms with E-state index in [4.69, 9.17) is 4.74 Å². The third-order valence-corrected chi connectivity index (χ3v) is 5.51. The van der Waals surface area contributed by atoms with E-state index < -0.39 is 0 Å². The number of aryl methyl sites for hydroxylation is 1. The standard InChI is InChI=1S/C23H27N3O2/c1-4-12-24-23(27)26-13-11-18-19-14-17(28-3)9-10-20(19)25-21(18)22(26)16-7-5-15(2)6-8-16/h5-10,14,22,25H,4,11-13H2,1-3H3,(H,24,27)/t22-/m0/s1. The van der Waals surface area contributed by atoms with Crippen molar-refractivity contribution in [2.24, 2.45) is 0 Å². The average molecular weight is 377 g/mol. The van der Waals surface area contributed by atoms with Crippen molar-refractivity contribution in [3.63, 3.8) is 0 Å². The second-order valence-corrected chi connectivity index (χ2v) is 7.42. The van der Waals surface area contributed by atoms with Gasteiger partial charge in [-0.15, -0.1) is 0 Å². The Hall–Kier alpha value is -2.95. The first-order valence-corrected chi connectivity index (χ1v) is 9.92. The summed E-state index contributed by atoms with van der Waals surface area (Å²) in [7, 11) is 1.69. The monoisotopic (exact) mass is 377 g/mol. The zero-order valence-corrected chi connectivity index (χ0v) is 16.7. The van der Waals surface area contributed by atoms with Crippen LogP contribution in [0.15, 0.2) is 42.5 Å². The Bertz CT molecular complexity index is 991.